The number of carbonyl (C=O) groups excluding carboxylic acids is 1. The van der Waals surface area contributed by atoms with Gasteiger partial charge >= 0.3 is 5.97 Å². The molecule has 4 heteroatoms. The van der Waals surface area contributed by atoms with Crippen molar-refractivity contribution >= 4 is 17.6 Å². The molecule has 3 aromatic rings. The fraction of sp³-hybridized carbons (Fsp3) is 0.130. The fourth-order valence-corrected chi connectivity index (χ4v) is 3.78. The molecule has 3 aromatic carbocycles. The predicted molar refractivity (Wildman–Crippen MR) is 104 cm³/mol. The molecular formula is C23H19NO3. The van der Waals surface area contributed by atoms with Crippen LogP contribution in [0.15, 0.2) is 78.9 Å². The minimum atomic E-state index is -0.943. The Morgan fingerprint density at radius 3 is 2.19 bits per heavy atom. The number of rotatable bonds is 3. The third-order valence-corrected chi connectivity index (χ3v) is 5.06. The molecule has 0 fully saturated rings. The van der Waals surface area contributed by atoms with E-state index in [1.807, 2.05) is 61.5 Å². The van der Waals surface area contributed by atoms with E-state index >= 15 is 0 Å². The molecule has 1 aliphatic rings. The monoisotopic (exact) mass is 357 g/mol. The summed E-state index contributed by atoms with van der Waals surface area (Å²) in [6.45, 7) is 1.98. The molecule has 4 nitrogen and oxygen atoms in total. The van der Waals surface area contributed by atoms with Gasteiger partial charge in [-0.3, -0.25) is 14.5 Å². The second-order valence-electron chi connectivity index (χ2n) is 6.77. The van der Waals surface area contributed by atoms with Gasteiger partial charge in [-0.1, -0.05) is 66.2 Å². The van der Waals surface area contributed by atoms with E-state index in [0.29, 0.717) is 16.8 Å². The minimum Gasteiger partial charge on any atom is -0.481 e. The summed E-state index contributed by atoms with van der Waals surface area (Å²) in [6.07, 6.45) is 0. The number of hydrogen-bond donors (Lipinski definition) is 1. The van der Waals surface area contributed by atoms with Gasteiger partial charge in [-0.15, -0.1) is 0 Å². The van der Waals surface area contributed by atoms with Gasteiger partial charge in [0.2, 0.25) is 0 Å². The molecule has 2 unspecified atom stereocenters. The molecule has 0 bridgehead atoms. The molecule has 27 heavy (non-hydrogen) atoms. The summed E-state index contributed by atoms with van der Waals surface area (Å²) in [4.78, 5) is 27.3. The molecule has 0 saturated carbocycles. The van der Waals surface area contributed by atoms with Crippen molar-refractivity contribution in [3.63, 3.8) is 0 Å². The number of hydrogen-bond acceptors (Lipinski definition) is 2. The Balaban J connectivity index is 1.98. The molecule has 0 aliphatic carbocycles. The summed E-state index contributed by atoms with van der Waals surface area (Å²) in [5.74, 6) is -1.97. The van der Waals surface area contributed by atoms with Crippen LogP contribution in [0.3, 0.4) is 0 Å². The van der Waals surface area contributed by atoms with E-state index in [0.717, 1.165) is 11.1 Å². The van der Waals surface area contributed by atoms with Crippen LogP contribution < -0.4 is 4.90 Å². The lowest BCUT2D eigenvalue weighted by Crippen LogP contribution is -2.45. The molecule has 0 radical (unpaired) electrons. The van der Waals surface area contributed by atoms with Gasteiger partial charge in [0.05, 0.1) is 6.04 Å². The molecule has 134 valence electrons. The highest BCUT2D eigenvalue weighted by Crippen LogP contribution is 2.44. The van der Waals surface area contributed by atoms with E-state index in [1.165, 1.54) is 0 Å². The van der Waals surface area contributed by atoms with Crippen LogP contribution in [0.4, 0.5) is 5.69 Å². The number of nitrogens with zero attached hydrogens (tertiary/aromatic N) is 1. The normalized spacial score (nSPS) is 18.9. The first-order valence-corrected chi connectivity index (χ1v) is 8.85. The van der Waals surface area contributed by atoms with E-state index in [2.05, 4.69) is 0 Å². The lowest BCUT2D eigenvalue weighted by atomic mass is 9.79. The number of para-hydroxylation sites is 1. The van der Waals surface area contributed by atoms with Gasteiger partial charge in [0.1, 0.15) is 5.92 Å². The predicted octanol–water partition coefficient (Wildman–Crippen LogP) is 4.56. The summed E-state index contributed by atoms with van der Waals surface area (Å²) >= 11 is 0. The van der Waals surface area contributed by atoms with Gasteiger partial charge < -0.3 is 5.11 Å². The maximum atomic E-state index is 13.4. The molecular weight excluding hydrogens is 338 g/mol. The summed E-state index contributed by atoms with van der Waals surface area (Å²) in [5.41, 5.74) is 3.58. The van der Waals surface area contributed by atoms with Gasteiger partial charge in [-0.25, -0.2) is 0 Å². The highest BCUT2D eigenvalue weighted by molar-refractivity contribution is 6.10. The van der Waals surface area contributed by atoms with E-state index in [-0.39, 0.29) is 5.91 Å². The molecule has 1 amide bonds. The summed E-state index contributed by atoms with van der Waals surface area (Å²) in [7, 11) is 0. The summed E-state index contributed by atoms with van der Waals surface area (Å²) in [6, 6.07) is 23.4. The number of carboxylic acid groups (broad SMARTS) is 1. The summed E-state index contributed by atoms with van der Waals surface area (Å²) in [5, 5.41) is 10.1. The molecule has 0 spiro atoms. The van der Waals surface area contributed by atoms with E-state index in [1.54, 1.807) is 29.2 Å². The molecule has 1 N–H and O–H groups in total. The average molecular weight is 357 g/mol. The van der Waals surface area contributed by atoms with Crippen molar-refractivity contribution in [3.8, 4) is 0 Å². The van der Waals surface area contributed by atoms with Crippen molar-refractivity contribution in [2.75, 3.05) is 4.90 Å². The maximum absolute atomic E-state index is 13.4. The minimum absolute atomic E-state index is 0.181. The Morgan fingerprint density at radius 2 is 1.52 bits per heavy atom. The Bertz CT molecular complexity index is 996. The highest BCUT2D eigenvalue weighted by atomic mass is 16.4. The zero-order valence-electron chi connectivity index (χ0n) is 14.9. The number of anilines is 1. The van der Waals surface area contributed by atoms with Gasteiger partial charge in [0.25, 0.3) is 5.91 Å². The first-order valence-electron chi connectivity index (χ1n) is 8.85. The van der Waals surface area contributed by atoms with Crippen LogP contribution in [0, 0.1) is 6.92 Å². The van der Waals surface area contributed by atoms with Gasteiger partial charge in [0, 0.05) is 11.3 Å². The largest absolute Gasteiger partial charge is 0.481 e. The number of amides is 1. The molecule has 4 rings (SSSR count). The van der Waals surface area contributed by atoms with E-state index < -0.39 is 17.9 Å². The van der Waals surface area contributed by atoms with Crippen LogP contribution in [0.5, 0.6) is 0 Å². The van der Waals surface area contributed by atoms with Crippen LogP contribution >= 0.6 is 0 Å². The number of carbonyl (C=O) groups is 2. The van der Waals surface area contributed by atoms with Gasteiger partial charge in [-0.05, 0) is 36.2 Å². The molecule has 0 aromatic heterocycles. The van der Waals surface area contributed by atoms with Crippen molar-refractivity contribution in [1.29, 1.82) is 0 Å². The number of fused-ring (bicyclic) bond motifs is 1. The highest BCUT2D eigenvalue weighted by Gasteiger charge is 2.44. The Morgan fingerprint density at radius 1 is 0.889 bits per heavy atom. The van der Waals surface area contributed by atoms with Crippen LogP contribution in [-0.2, 0) is 4.79 Å². The lowest BCUT2D eigenvalue weighted by Gasteiger charge is -2.40. The smallest absolute Gasteiger partial charge is 0.313 e. The first kappa shape index (κ1) is 17.0. The average Bonchev–Trinajstić information content (AvgIpc) is 2.69. The van der Waals surface area contributed by atoms with Gasteiger partial charge in [-0.2, -0.15) is 0 Å². The first-order chi connectivity index (χ1) is 13.1. The van der Waals surface area contributed by atoms with Gasteiger partial charge in [0.15, 0.2) is 0 Å². The quantitative estimate of drug-likeness (QED) is 0.747. The zero-order chi connectivity index (χ0) is 19.0. The second-order valence-corrected chi connectivity index (χ2v) is 6.77. The van der Waals surface area contributed by atoms with Crippen molar-refractivity contribution in [2.24, 2.45) is 0 Å². The Hall–Kier alpha value is -3.40. The van der Waals surface area contributed by atoms with Crippen LogP contribution in [0.25, 0.3) is 0 Å². The fourth-order valence-electron chi connectivity index (χ4n) is 3.78. The Labute approximate surface area is 157 Å². The van der Waals surface area contributed by atoms with Crippen LogP contribution in [-0.4, -0.2) is 17.0 Å². The molecule has 1 aliphatic heterocycles. The number of benzene rings is 3. The molecule has 1 heterocycles. The van der Waals surface area contributed by atoms with E-state index in [9.17, 15) is 14.7 Å². The third kappa shape index (κ3) is 2.89. The second kappa shape index (κ2) is 6.72. The van der Waals surface area contributed by atoms with E-state index in [4.69, 9.17) is 0 Å². The van der Waals surface area contributed by atoms with Crippen LogP contribution in [0.1, 0.15) is 39.0 Å². The maximum Gasteiger partial charge on any atom is 0.313 e. The SMILES string of the molecule is Cc1ccc(C2C(C(=O)O)c3ccccc3C(=O)N2c2ccccc2)cc1. The molecule has 2 atom stereocenters. The number of aliphatic carboxylic acids is 1. The zero-order valence-corrected chi connectivity index (χ0v) is 14.9. The Kier molecular flexibility index (Phi) is 4.24. The summed E-state index contributed by atoms with van der Waals surface area (Å²) < 4.78 is 0. The van der Waals surface area contributed by atoms with Crippen molar-refractivity contribution in [2.45, 2.75) is 18.9 Å². The van der Waals surface area contributed by atoms with Crippen molar-refractivity contribution in [3.05, 3.63) is 101 Å². The van der Waals surface area contributed by atoms with Crippen LogP contribution in [0.2, 0.25) is 0 Å². The lowest BCUT2D eigenvalue weighted by molar-refractivity contribution is -0.139. The molecule has 0 saturated heterocycles. The third-order valence-electron chi connectivity index (χ3n) is 5.06. The topological polar surface area (TPSA) is 57.6 Å². The number of carboxylic acids is 1. The number of aryl methyl sites for hydroxylation is 1. The standard InChI is InChI=1S/C23H19NO3/c1-15-11-13-16(14-12-15)21-20(23(26)27)18-9-5-6-10-19(18)22(25)24(21)17-7-3-2-4-8-17/h2-14,20-21H,1H3,(H,26,27). The van der Waals surface area contributed by atoms with Crippen molar-refractivity contribution < 1.29 is 14.7 Å². The van der Waals surface area contributed by atoms with Crippen molar-refractivity contribution in [1.82, 2.24) is 0 Å².